The van der Waals surface area contributed by atoms with Crippen LogP contribution in [0, 0.1) is 0 Å². The molecule has 0 saturated carbocycles. The van der Waals surface area contributed by atoms with E-state index in [9.17, 15) is 4.79 Å². The lowest BCUT2D eigenvalue weighted by atomic mass is 10.0. The highest BCUT2D eigenvalue weighted by Gasteiger charge is 2.32. The van der Waals surface area contributed by atoms with Gasteiger partial charge in [0.25, 0.3) is 5.56 Å². The third kappa shape index (κ3) is 5.62. The summed E-state index contributed by atoms with van der Waals surface area (Å²) in [5.74, 6) is 1.52. The Balaban J connectivity index is 1.45. The van der Waals surface area contributed by atoms with Crippen molar-refractivity contribution < 1.29 is 9.47 Å². The van der Waals surface area contributed by atoms with Crippen LogP contribution in [0.3, 0.4) is 0 Å². The number of hydrogen-bond donors (Lipinski definition) is 1. The molecular formula is C28H35N7O3. The molecule has 2 aromatic heterocycles. The molecule has 0 spiro atoms. The van der Waals surface area contributed by atoms with Crippen LogP contribution in [0.25, 0.3) is 10.9 Å². The SMILES string of the molecule is CCc1ccc2[nH]c(=O)c(C(c3nnnn3CCOC)N3CCN(Cc4cccc(OC)c4)CC3)cc2c1. The number of tetrazole rings is 1. The Morgan fingerprint density at radius 2 is 1.87 bits per heavy atom. The van der Waals surface area contributed by atoms with Crippen molar-refractivity contribution in [2.75, 3.05) is 47.0 Å². The summed E-state index contributed by atoms with van der Waals surface area (Å²) >= 11 is 0. The van der Waals surface area contributed by atoms with Crippen LogP contribution >= 0.6 is 0 Å². The van der Waals surface area contributed by atoms with Crippen LogP contribution in [-0.4, -0.2) is 82.0 Å². The van der Waals surface area contributed by atoms with Gasteiger partial charge in [0.05, 0.1) is 20.3 Å². The van der Waals surface area contributed by atoms with Crippen molar-refractivity contribution in [3.05, 3.63) is 81.4 Å². The zero-order chi connectivity index (χ0) is 26.5. The molecule has 4 aromatic rings. The first-order chi connectivity index (χ1) is 18.6. The number of pyridine rings is 1. The van der Waals surface area contributed by atoms with Gasteiger partial charge >= 0.3 is 0 Å². The Bertz CT molecular complexity index is 1430. The number of piperazine rings is 1. The van der Waals surface area contributed by atoms with Crippen LogP contribution in [0.5, 0.6) is 5.75 Å². The van der Waals surface area contributed by atoms with Gasteiger partial charge in [-0.3, -0.25) is 14.6 Å². The fourth-order valence-electron chi connectivity index (χ4n) is 5.15. The Labute approximate surface area is 222 Å². The van der Waals surface area contributed by atoms with Crippen molar-refractivity contribution in [2.24, 2.45) is 0 Å². The van der Waals surface area contributed by atoms with E-state index in [1.165, 1.54) is 11.1 Å². The maximum Gasteiger partial charge on any atom is 0.253 e. The zero-order valence-corrected chi connectivity index (χ0v) is 22.3. The lowest BCUT2D eigenvalue weighted by molar-refractivity contribution is 0.0984. The van der Waals surface area contributed by atoms with Gasteiger partial charge in [0, 0.05) is 50.9 Å². The molecule has 38 heavy (non-hydrogen) atoms. The number of benzene rings is 2. The molecule has 10 nitrogen and oxygen atoms in total. The van der Waals surface area contributed by atoms with Crippen LogP contribution in [0.1, 0.15) is 35.5 Å². The summed E-state index contributed by atoms with van der Waals surface area (Å²) in [6.45, 7) is 7.24. The molecule has 0 bridgehead atoms. The van der Waals surface area contributed by atoms with E-state index >= 15 is 0 Å². The third-order valence-corrected chi connectivity index (χ3v) is 7.26. The van der Waals surface area contributed by atoms with Gasteiger partial charge in [-0.25, -0.2) is 4.68 Å². The molecule has 200 valence electrons. The van der Waals surface area contributed by atoms with Gasteiger partial charge in [-0.05, 0) is 63.7 Å². The van der Waals surface area contributed by atoms with E-state index in [0.717, 1.165) is 55.8 Å². The normalized spacial score (nSPS) is 15.7. The number of aromatic nitrogens is 5. The van der Waals surface area contributed by atoms with Crippen LogP contribution in [0.15, 0.2) is 53.3 Å². The summed E-state index contributed by atoms with van der Waals surface area (Å²) in [7, 11) is 3.35. The standard InChI is InChI=1S/C28H35N7O3/c1-4-20-8-9-25-22(16-20)18-24(28(36)29-25)26(27-30-31-32-35(27)14-15-37-2)34-12-10-33(11-13-34)19-21-6-5-7-23(17-21)38-3/h5-9,16-18,26H,4,10-15,19H2,1-3H3,(H,29,36). The zero-order valence-electron chi connectivity index (χ0n) is 22.3. The Hall–Kier alpha value is -3.60. The molecule has 0 radical (unpaired) electrons. The van der Waals surface area contributed by atoms with Crippen molar-refractivity contribution in [1.82, 2.24) is 35.0 Å². The highest BCUT2D eigenvalue weighted by atomic mass is 16.5. The van der Waals surface area contributed by atoms with E-state index < -0.39 is 0 Å². The second-order valence-corrected chi connectivity index (χ2v) is 9.65. The molecule has 1 unspecified atom stereocenters. The summed E-state index contributed by atoms with van der Waals surface area (Å²) < 4.78 is 12.4. The predicted octanol–water partition coefficient (Wildman–Crippen LogP) is 2.64. The van der Waals surface area contributed by atoms with E-state index in [0.29, 0.717) is 24.5 Å². The number of H-pyrrole nitrogens is 1. The number of aryl methyl sites for hydroxylation is 1. The fraction of sp³-hybridized carbons (Fsp3) is 0.429. The first kappa shape index (κ1) is 26.0. The topological polar surface area (TPSA) is 101 Å². The minimum absolute atomic E-state index is 0.119. The lowest BCUT2D eigenvalue weighted by Crippen LogP contribution is -2.48. The van der Waals surface area contributed by atoms with Crippen molar-refractivity contribution in [2.45, 2.75) is 32.5 Å². The van der Waals surface area contributed by atoms with Crippen molar-refractivity contribution >= 4 is 10.9 Å². The summed E-state index contributed by atoms with van der Waals surface area (Å²) in [5.41, 5.74) is 3.81. The molecule has 10 heteroatoms. The van der Waals surface area contributed by atoms with Crippen LogP contribution in [0.2, 0.25) is 0 Å². The third-order valence-electron chi connectivity index (χ3n) is 7.26. The molecular weight excluding hydrogens is 482 g/mol. The second-order valence-electron chi connectivity index (χ2n) is 9.65. The summed E-state index contributed by atoms with van der Waals surface area (Å²) in [4.78, 5) is 21.3. The first-order valence-electron chi connectivity index (χ1n) is 13.1. The van der Waals surface area contributed by atoms with E-state index in [1.807, 2.05) is 24.3 Å². The fourth-order valence-corrected chi connectivity index (χ4v) is 5.15. The summed E-state index contributed by atoms with van der Waals surface area (Å²) in [6, 6.07) is 16.0. The second kappa shape index (κ2) is 11.8. The molecule has 1 aliphatic rings. The van der Waals surface area contributed by atoms with Gasteiger partial charge in [-0.15, -0.1) is 5.10 Å². The maximum absolute atomic E-state index is 13.5. The number of fused-ring (bicyclic) bond motifs is 1. The van der Waals surface area contributed by atoms with Crippen molar-refractivity contribution in [1.29, 1.82) is 0 Å². The predicted molar refractivity (Wildman–Crippen MR) is 145 cm³/mol. The molecule has 1 fully saturated rings. The van der Waals surface area contributed by atoms with Crippen LogP contribution < -0.4 is 10.3 Å². The quantitative estimate of drug-likeness (QED) is 0.343. The summed E-state index contributed by atoms with van der Waals surface area (Å²) in [6.07, 6.45) is 0.929. The van der Waals surface area contributed by atoms with Gasteiger partial charge in [-0.1, -0.05) is 25.1 Å². The number of aromatic amines is 1. The number of nitrogens with one attached hydrogen (secondary N) is 1. The molecule has 3 heterocycles. The molecule has 1 atom stereocenters. The Kier molecular flexibility index (Phi) is 8.11. The first-order valence-corrected chi connectivity index (χ1v) is 13.1. The van der Waals surface area contributed by atoms with Crippen LogP contribution in [-0.2, 0) is 24.2 Å². The van der Waals surface area contributed by atoms with Gasteiger partial charge in [0.1, 0.15) is 11.8 Å². The van der Waals surface area contributed by atoms with E-state index in [2.05, 4.69) is 61.5 Å². The number of ether oxygens (including phenoxy) is 2. The lowest BCUT2D eigenvalue weighted by Gasteiger charge is -2.38. The number of rotatable bonds is 10. The molecule has 2 aromatic carbocycles. The molecule has 5 rings (SSSR count). The minimum atomic E-state index is -0.376. The maximum atomic E-state index is 13.5. The van der Waals surface area contributed by atoms with Gasteiger partial charge in [0.15, 0.2) is 5.82 Å². The Morgan fingerprint density at radius 1 is 1.03 bits per heavy atom. The summed E-state index contributed by atoms with van der Waals surface area (Å²) in [5, 5.41) is 13.6. The van der Waals surface area contributed by atoms with Gasteiger partial charge in [0.2, 0.25) is 0 Å². The average Bonchev–Trinajstić information content (AvgIpc) is 3.41. The highest BCUT2D eigenvalue weighted by Crippen LogP contribution is 2.28. The molecule has 1 aliphatic heterocycles. The molecule has 1 N–H and O–H groups in total. The minimum Gasteiger partial charge on any atom is -0.497 e. The van der Waals surface area contributed by atoms with E-state index in [-0.39, 0.29) is 11.6 Å². The van der Waals surface area contributed by atoms with E-state index in [1.54, 1.807) is 18.9 Å². The smallest absolute Gasteiger partial charge is 0.253 e. The monoisotopic (exact) mass is 517 g/mol. The Morgan fingerprint density at radius 3 is 2.63 bits per heavy atom. The largest absolute Gasteiger partial charge is 0.497 e. The molecule has 0 amide bonds. The van der Waals surface area contributed by atoms with Crippen molar-refractivity contribution in [3.8, 4) is 5.75 Å². The van der Waals surface area contributed by atoms with E-state index in [4.69, 9.17) is 9.47 Å². The van der Waals surface area contributed by atoms with Gasteiger partial charge in [-0.2, -0.15) is 0 Å². The van der Waals surface area contributed by atoms with Crippen LogP contribution in [0.4, 0.5) is 0 Å². The number of methoxy groups -OCH3 is 2. The number of hydrogen-bond acceptors (Lipinski definition) is 8. The number of nitrogens with zero attached hydrogens (tertiary/aromatic N) is 6. The molecule has 0 aliphatic carbocycles. The average molecular weight is 518 g/mol. The van der Waals surface area contributed by atoms with Crippen molar-refractivity contribution in [3.63, 3.8) is 0 Å². The highest BCUT2D eigenvalue weighted by molar-refractivity contribution is 5.80. The molecule has 1 saturated heterocycles. The van der Waals surface area contributed by atoms with Gasteiger partial charge < -0.3 is 14.5 Å².